The zero-order chi connectivity index (χ0) is 15.2. The van der Waals surface area contributed by atoms with Gasteiger partial charge in [0.15, 0.2) is 17.3 Å². The van der Waals surface area contributed by atoms with Gasteiger partial charge < -0.3 is 19.8 Å². The van der Waals surface area contributed by atoms with Crippen molar-refractivity contribution in [1.29, 1.82) is 0 Å². The minimum Gasteiger partial charge on any atom is -0.504 e. The molecule has 6 heteroatoms. The van der Waals surface area contributed by atoms with Gasteiger partial charge in [-0.15, -0.1) is 0 Å². The fraction of sp³-hybridized carbons (Fsp3) is 0.467. The number of fused-ring (bicyclic) bond motifs is 1. The lowest BCUT2D eigenvalue weighted by Gasteiger charge is -2.43. The average Bonchev–Trinajstić information content (AvgIpc) is 2.44. The van der Waals surface area contributed by atoms with E-state index in [-0.39, 0.29) is 29.6 Å². The number of hydrogen-bond acceptors (Lipinski definition) is 5. The lowest BCUT2D eigenvalue weighted by molar-refractivity contribution is -0.132. The normalized spacial score (nSPS) is 20.0. The number of carbonyl (C=O) groups excluding carboxylic acids is 2. The summed E-state index contributed by atoms with van der Waals surface area (Å²) < 4.78 is 5.90. The number of hydrogen-bond donors (Lipinski definition) is 2. The molecule has 6 nitrogen and oxygen atoms in total. The summed E-state index contributed by atoms with van der Waals surface area (Å²) in [6.07, 6.45) is 1.30. The number of ether oxygens (including phenoxy) is 1. The highest BCUT2D eigenvalue weighted by molar-refractivity contribution is 6.01. The molecular weight excluding hydrogens is 274 g/mol. The van der Waals surface area contributed by atoms with Gasteiger partial charge in [0.2, 0.25) is 11.7 Å². The van der Waals surface area contributed by atoms with Crippen LogP contribution in [0.1, 0.15) is 36.5 Å². The van der Waals surface area contributed by atoms with Gasteiger partial charge in [0.25, 0.3) is 0 Å². The Balaban J connectivity index is 1.90. The van der Waals surface area contributed by atoms with Crippen LogP contribution in [0.4, 0.5) is 0 Å². The number of amides is 1. The molecular formula is C15H17NO5. The largest absolute Gasteiger partial charge is 0.504 e. The average molecular weight is 291 g/mol. The summed E-state index contributed by atoms with van der Waals surface area (Å²) in [5.74, 6) is -0.744. The number of piperidine rings is 1. The second-order valence-electron chi connectivity index (χ2n) is 5.70. The van der Waals surface area contributed by atoms with Crippen molar-refractivity contribution in [2.45, 2.75) is 31.8 Å². The number of likely N-dealkylation sites (tertiary alicyclic amines) is 1. The Morgan fingerprint density at radius 3 is 2.57 bits per heavy atom. The van der Waals surface area contributed by atoms with E-state index in [9.17, 15) is 19.8 Å². The van der Waals surface area contributed by atoms with Crippen molar-refractivity contribution in [1.82, 2.24) is 4.90 Å². The number of carbonyl (C=O) groups is 2. The van der Waals surface area contributed by atoms with Crippen molar-refractivity contribution < 1.29 is 24.5 Å². The maximum atomic E-state index is 12.3. The molecule has 0 atom stereocenters. The highest BCUT2D eigenvalue weighted by atomic mass is 16.5. The molecule has 21 heavy (non-hydrogen) atoms. The van der Waals surface area contributed by atoms with E-state index in [0.29, 0.717) is 31.5 Å². The van der Waals surface area contributed by atoms with Gasteiger partial charge in [-0.25, -0.2) is 0 Å². The molecule has 2 heterocycles. The van der Waals surface area contributed by atoms with Crippen molar-refractivity contribution in [3.8, 4) is 17.2 Å². The Kier molecular flexibility index (Phi) is 3.04. The second kappa shape index (κ2) is 4.65. The molecule has 1 amide bonds. The second-order valence-corrected chi connectivity index (χ2v) is 5.70. The fourth-order valence-electron chi connectivity index (χ4n) is 3.03. The molecule has 1 saturated heterocycles. The Hall–Kier alpha value is -2.24. The molecule has 0 unspecified atom stereocenters. The van der Waals surface area contributed by atoms with Crippen molar-refractivity contribution in [3.05, 3.63) is 17.7 Å². The minimum atomic E-state index is -0.693. The molecule has 0 aliphatic carbocycles. The summed E-state index contributed by atoms with van der Waals surface area (Å²) in [7, 11) is 0. The van der Waals surface area contributed by atoms with Crippen molar-refractivity contribution in [2.24, 2.45) is 0 Å². The number of phenols is 2. The summed E-state index contributed by atoms with van der Waals surface area (Å²) in [5.41, 5.74) is -0.397. The molecule has 0 bridgehead atoms. The maximum absolute atomic E-state index is 12.3. The van der Waals surface area contributed by atoms with Crippen LogP contribution in [0.3, 0.4) is 0 Å². The van der Waals surface area contributed by atoms with Crippen LogP contribution >= 0.6 is 0 Å². The standard InChI is InChI=1S/C15H17NO5/c1-9(17)16-6-4-15(5-7-16)8-12(19)10-2-3-11(18)13(20)14(10)21-15/h2-3,18,20H,4-8H2,1H3. The van der Waals surface area contributed by atoms with E-state index in [1.807, 2.05) is 0 Å². The van der Waals surface area contributed by atoms with E-state index in [1.54, 1.807) is 4.90 Å². The molecule has 3 rings (SSSR count). The molecule has 1 spiro atoms. The Labute approximate surface area is 121 Å². The first-order valence-corrected chi connectivity index (χ1v) is 6.94. The Morgan fingerprint density at radius 2 is 1.95 bits per heavy atom. The molecule has 0 radical (unpaired) electrons. The van der Waals surface area contributed by atoms with Crippen molar-refractivity contribution in [3.63, 3.8) is 0 Å². The van der Waals surface area contributed by atoms with Gasteiger partial charge in [0.05, 0.1) is 12.0 Å². The zero-order valence-electron chi connectivity index (χ0n) is 11.8. The summed E-state index contributed by atoms with van der Waals surface area (Å²) in [4.78, 5) is 25.4. The SMILES string of the molecule is CC(=O)N1CCC2(CC1)CC(=O)c1ccc(O)c(O)c1O2. The van der Waals surface area contributed by atoms with Crippen LogP contribution in [-0.2, 0) is 4.79 Å². The minimum absolute atomic E-state index is 0.00729. The van der Waals surface area contributed by atoms with E-state index in [0.717, 1.165) is 0 Å². The van der Waals surface area contributed by atoms with Gasteiger partial charge in [-0.1, -0.05) is 0 Å². The Bertz CT molecular complexity index is 617. The van der Waals surface area contributed by atoms with Crippen LogP contribution in [0.5, 0.6) is 17.2 Å². The lowest BCUT2D eigenvalue weighted by Crippen LogP contribution is -2.51. The maximum Gasteiger partial charge on any atom is 0.219 e. The smallest absolute Gasteiger partial charge is 0.219 e. The predicted octanol–water partition coefficient (Wildman–Crippen LogP) is 1.44. The molecule has 112 valence electrons. The number of phenolic OH excluding ortho intramolecular Hbond substituents is 2. The zero-order valence-corrected chi connectivity index (χ0v) is 11.8. The topological polar surface area (TPSA) is 87.1 Å². The van der Waals surface area contributed by atoms with Gasteiger partial charge in [-0.2, -0.15) is 0 Å². The Morgan fingerprint density at radius 1 is 1.29 bits per heavy atom. The van der Waals surface area contributed by atoms with E-state index in [4.69, 9.17) is 4.74 Å². The summed E-state index contributed by atoms with van der Waals surface area (Å²) in [6.45, 7) is 2.57. The number of ketones is 1. The third kappa shape index (κ3) is 2.20. The van der Waals surface area contributed by atoms with E-state index in [2.05, 4.69) is 0 Å². The fourth-order valence-corrected chi connectivity index (χ4v) is 3.03. The van der Waals surface area contributed by atoms with Crippen LogP contribution in [-0.4, -0.2) is 45.5 Å². The molecule has 2 aliphatic rings. The summed E-state index contributed by atoms with van der Waals surface area (Å²) >= 11 is 0. The van der Waals surface area contributed by atoms with Gasteiger partial charge in [-0.3, -0.25) is 9.59 Å². The van der Waals surface area contributed by atoms with Crippen molar-refractivity contribution >= 4 is 11.7 Å². The van der Waals surface area contributed by atoms with Crippen LogP contribution < -0.4 is 4.74 Å². The van der Waals surface area contributed by atoms with Crippen molar-refractivity contribution in [2.75, 3.05) is 13.1 Å². The number of rotatable bonds is 0. The number of Topliss-reactive ketones (excluding diaryl/α,β-unsaturated/α-hetero) is 1. The number of aromatic hydroxyl groups is 2. The van der Waals surface area contributed by atoms with Gasteiger partial charge >= 0.3 is 0 Å². The van der Waals surface area contributed by atoms with E-state index < -0.39 is 11.4 Å². The lowest BCUT2D eigenvalue weighted by atomic mass is 9.82. The molecule has 1 fully saturated rings. The van der Waals surface area contributed by atoms with E-state index >= 15 is 0 Å². The quantitative estimate of drug-likeness (QED) is 0.706. The number of nitrogens with zero attached hydrogens (tertiary/aromatic N) is 1. The highest BCUT2D eigenvalue weighted by Crippen LogP contribution is 2.46. The third-order valence-electron chi connectivity index (χ3n) is 4.33. The van der Waals surface area contributed by atoms with Crippen LogP contribution in [0, 0.1) is 0 Å². The first-order chi connectivity index (χ1) is 9.92. The van der Waals surface area contributed by atoms with Crippen LogP contribution in [0.15, 0.2) is 12.1 Å². The highest BCUT2D eigenvalue weighted by Gasteiger charge is 2.44. The first-order valence-electron chi connectivity index (χ1n) is 6.94. The molecule has 0 aromatic heterocycles. The summed E-state index contributed by atoms with van der Waals surface area (Å²) in [5, 5.41) is 19.5. The molecule has 1 aromatic carbocycles. The third-order valence-corrected chi connectivity index (χ3v) is 4.33. The first kappa shape index (κ1) is 13.7. The van der Waals surface area contributed by atoms with Crippen LogP contribution in [0.2, 0.25) is 0 Å². The number of benzene rings is 1. The molecule has 1 aromatic rings. The molecule has 2 aliphatic heterocycles. The molecule has 2 N–H and O–H groups in total. The summed E-state index contributed by atoms with van der Waals surface area (Å²) in [6, 6.07) is 2.75. The van der Waals surface area contributed by atoms with Crippen LogP contribution in [0.25, 0.3) is 0 Å². The monoisotopic (exact) mass is 291 g/mol. The predicted molar refractivity (Wildman–Crippen MR) is 73.6 cm³/mol. The van der Waals surface area contributed by atoms with Gasteiger partial charge in [0, 0.05) is 32.9 Å². The van der Waals surface area contributed by atoms with Gasteiger partial charge in [0.1, 0.15) is 5.60 Å². The van der Waals surface area contributed by atoms with Gasteiger partial charge in [-0.05, 0) is 12.1 Å². The molecule has 0 saturated carbocycles. The van der Waals surface area contributed by atoms with E-state index in [1.165, 1.54) is 19.1 Å².